The molecule has 2 aromatic carbocycles. The quantitative estimate of drug-likeness (QED) is 0.447. The van der Waals surface area contributed by atoms with Gasteiger partial charge in [0.15, 0.2) is 11.6 Å². The van der Waals surface area contributed by atoms with E-state index in [4.69, 9.17) is 39.5 Å². The van der Waals surface area contributed by atoms with Crippen molar-refractivity contribution in [2.45, 2.75) is 10.7 Å². The predicted octanol–water partition coefficient (Wildman–Crippen LogP) is 5.45. The maximum absolute atomic E-state index is 11.3. The summed E-state index contributed by atoms with van der Waals surface area (Å²) < 4.78 is 4.06. The summed E-state index contributed by atoms with van der Waals surface area (Å²) >= 11 is 17.7. The van der Waals surface area contributed by atoms with Crippen LogP contribution in [0.25, 0.3) is 10.9 Å². The molecule has 122 valence electrons. The lowest BCUT2D eigenvalue weighted by Gasteiger charge is -2.13. The van der Waals surface area contributed by atoms with Gasteiger partial charge in [-0.05, 0) is 43.3 Å². The number of aromatic nitrogens is 2. The van der Waals surface area contributed by atoms with Gasteiger partial charge in [0.25, 0.3) is 0 Å². The number of nitrogens with zero attached hydrogens (tertiary/aromatic N) is 2. The van der Waals surface area contributed by atoms with Crippen LogP contribution >= 0.6 is 34.8 Å². The summed E-state index contributed by atoms with van der Waals surface area (Å²) in [5, 5.41) is 0.686. The Labute approximate surface area is 153 Å². The fourth-order valence-corrected chi connectivity index (χ4v) is 2.37. The normalized spacial score (nSPS) is 11.5. The number of fused-ring (bicyclic) bond motifs is 1. The van der Waals surface area contributed by atoms with Gasteiger partial charge in [-0.25, -0.2) is 4.98 Å². The third kappa shape index (κ3) is 3.61. The van der Waals surface area contributed by atoms with Gasteiger partial charge in [-0.3, -0.25) is 4.79 Å². The molecule has 3 aromatic rings. The van der Waals surface area contributed by atoms with Crippen molar-refractivity contribution in [2.75, 3.05) is 0 Å². The molecule has 0 radical (unpaired) electrons. The standard InChI is InChI=1S/C17H11Cl3N2O2/c1-10(23)11-6-8-12(9-7-11)24-15-13-4-2-3-5-14(13)21-16(22-15)17(18,19)20/h2-9H,1H3. The molecule has 0 saturated carbocycles. The number of carbonyl (C=O) groups is 1. The number of alkyl halides is 3. The van der Waals surface area contributed by atoms with Crippen molar-refractivity contribution < 1.29 is 9.53 Å². The van der Waals surface area contributed by atoms with Crippen molar-refractivity contribution in [1.29, 1.82) is 0 Å². The summed E-state index contributed by atoms with van der Waals surface area (Å²) in [5.74, 6) is 0.797. The first-order chi connectivity index (χ1) is 11.3. The van der Waals surface area contributed by atoms with Crippen LogP contribution in [0.4, 0.5) is 0 Å². The van der Waals surface area contributed by atoms with Gasteiger partial charge in [0.2, 0.25) is 9.67 Å². The molecule has 0 saturated heterocycles. The number of ketones is 1. The third-order valence-electron chi connectivity index (χ3n) is 3.30. The Morgan fingerprint density at radius 3 is 2.29 bits per heavy atom. The summed E-state index contributed by atoms with van der Waals surface area (Å²) in [5.41, 5.74) is 1.20. The van der Waals surface area contributed by atoms with Crippen molar-refractivity contribution in [3.05, 3.63) is 59.9 Å². The predicted molar refractivity (Wildman–Crippen MR) is 95.3 cm³/mol. The van der Waals surface area contributed by atoms with Crippen LogP contribution in [0.15, 0.2) is 48.5 Å². The summed E-state index contributed by atoms with van der Waals surface area (Å²) in [6, 6.07) is 14.0. The Kier molecular flexibility index (Phi) is 4.63. The molecule has 0 amide bonds. The number of rotatable bonds is 3. The molecule has 0 atom stereocenters. The number of Topliss-reactive ketones (excluding diaryl/α,β-unsaturated/α-hetero) is 1. The highest BCUT2D eigenvalue weighted by Gasteiger charge is 2.28. The van der Waals surface area contributed by atoms with Crippen LogP contribution in [0.5, 0.6) is 11.6 Å². The first-order valence-electron chi connectivity index (χ1n) is 6.97. The van der Waals surface area contributed by atoms with Crippen molar-refractivity contribution in [3.8, 4) is 11.6 Å². The zero-order valence-electron chi connectivity index (χ0n) is 12.5. The van der Waals surface area contributed by atoms with Crippen LogP contribution in [-0.4, -0.2) is 15.8 Å². The van der Waals surface area contributed by atoms with E-state index < -0.39 is 3.79 Å². The van der Waals surface area contributed by atoms with E-state index in [-0.39, 0.29) is 17.5 Å². The minimum absolute atomic E-state index is 0.0208. The van der Waals surface area contributed by atoms with Gasteiger partial charge in [0.1, 0.15) is 5.75 Å². The lowest BCUT2D eigenvalue weighted by molar-refractivity contribution is 0.101. The van der Waals surface area contributed by atoms with Crippen LogP contribution < -0.4 is 4.74 Å². The molecule has 7 heteroatoms. The Bertz CT molecular complexity index is 906. The number of halogens is 3. The van der Waals surface area contributed by atoms with Crippen molar-refractivity contribution in [2.24, 2.45) is 0 Å². The molecule has 24 heavy (non-hydrogen) atoms. The number of ether oxygens (including phenoxy) is 1. The molecule has 0 fully saturated rings. The second-order valence-corrected chi connectivity index (χ2v) is 7.33. The van der Waals surface area contributed by atoms with Gasteiger partial charge in [-0.15, -0.1) is 0 Å². The second kappa shape index (κ2) is 6.55. The van der Waals surface area contributed by atoms with Gasteiger partial charge in [0.05, 0.1) is 10.9 Å². The highest BCUT2D eigenvalue weighted by Crippen LogP contribution is 2.38. The SMILES string of the molecule is CC(=O)c1ccc(Oc2nc(C(Cl)(Cl)Cl)nc3ccccc23)cc1. The number of hydrogen-bond acceptors (Lipinski definition) is 4. The van der Waals surface area contributed by atoms with Crippen LogP contribution in [0.3, 0.4) is 0 Å². The Morgan fingerprint density at radius 1 is 1.00 bits per heavy atom. The van der Waals surface area contributed by atoms with Crippen LogP contribution in [-0.2, 0) is 3.79 Å². The minimum Gasteiger partial charge on any atom is -0.438 e. The fourth-order valence-electron chi connectivity index (χ4n) is 2.12. The van der Waals surface area contributed by atoms with E-state index in [2.05, 4.69) is 9.97 Å². The average Bonchev–Trinajstić information content (AvgIpc) is 2.54. The molecule has 4 nitrogen and oxygen atoms in total. The van der Waals surface area contributed by atoms with Crippen molar-refractivity contribution >= 4 is 51.5 Å². The fraction of sp³-hybridized carbons (Fsp3) is 0.118. The molecule has 0 aliphatic rings. The maximum Gasteiger partial charge on any atom is 0.250 e. The van der Waals surface area contributed by atoms with Gasteiger partial charge >= 0.3 is 0 Å². The molecule has 0 bridgehead atoms. The first-order valence-corrected chi connectivity index (χ1v) is 8.11. The maximum atomic E-state index is 11.3. The molecule has 1 heterocycles. The molecule has 1 aromatic heterocycles. The van der Waals surface area contributed by atoms with Crippen molar-refractivity contribution in [1.82, 2.24) is 9.97 Å². The van der Waals surface area contributed by atoms with E-state index in [1.807, 2.05) is 18.2 Å². The summed E-state index contributed by atoms with van der Waals surface area (Å²) in [6.07, 6.45) is 0. The highest BCUT2D eigenvalue weighted by atomic mass is 35.6. The average molecular weight is 382 g/mol. The van der Waals surface area contributed by atoms with Crippen LogP contribution in [0.2, 0.25) is 0 Å². The largest absolute Gasteiger partial charge is 0.438 e. The summed E-state index contributed by atoms with van der Waals surface area (Å²) in [4.78, 5) is 19.8. The number of carbonyl (C=O) groups excluding carboxylic acids is 1. The topological polar surface area (TPSA) is 52.1 Å². The van der Waals surface area contributed by atoms with Crippen LogP contribution in [0, 0.1) is 0 Å². The third-order valence-corrected chi connectivity index (χ3v) is 3.80. The number of benzene rings is 2. The molecular formula is C17H11Cl3N2O2. The molecular weight excluding hydrogens is 371 g/mol. The molecule has 0 aliphatic carbocycles. The zero-order valence-corrected chi connectivity index (χ0v) is 14.7. The van der Waals surface area contributed by atoms with Gasteiger partial charge in [-0.2, -0.15) is 4.98 Å². The lowest BCUT2D eigenvalue weighted by atomic mass is 10.1. The molecule has 0 N–H and O–H groups in total. The lowest BCUT2D eigenvalue weighted by Crippen LogP contribution is -2.08. The molecule has 3 rings (SSSR count). The van der Waals surface area contributed by atoms with Crippen LogP contribution in [0.1, 0.15) is 23.1 Å². The number of para-hydroxylation sites is 1. The zero-order chi connectivity index (χ0) is 17.3. The van der Waals surface area contributed by atoms with Gasteiger partial charge in [0, 0.05) is 5.56 Å². The summed E-state index contributed by atoms with van der Waals surface area (Å²) in [7, 11) is 0. The van der Waals surface area contributed by atoms with Crippen molar-refractivity contribution in [3.63, 3.8) is 0 Å². The monoisotopic (exact) mass is 380 g/mol. The molecule has 0 aliphatic heterocycles. The summed E-state index contributed by atoms with van der Waals surface area (Å²) in [6.45, 7) is 1.50. The smallest absolute Gasteiger partial charge is 0.250 e. The Balaban J connectivity index is 2.05. The van der Waals surface area contributed by atoms with Gasteiger partial charge < -0.3 is 4.74 Å². The van der Waals surface area contributed by atoms with E-state index >= 15 is 0 Å². The second-order valence-electron chi connectivity index (χ2n) is 5.05. The van der Waals surface area contributed by atoms with E-state index in [1.165, 1.54) is 6.92 Å². The van der Waals surface area contributed by atoms with E-state index in [0.29, 0.717) is 22.2 Å². The number of hydrogen-bond donors (Lipinski definition) is 0. The molecule has 0 unspecified atom stereocenters. The minimum atomic E-state index is -1.76. The Hall–Kier alpha value is -1.88. The van der Waals surface area contributed by atoms with Gasteiger partial charge in [-0.1, -0.05) is 46.9 Å². The van der Waals surface area contributed by atoms with E-state index in [1.54, 1.807) is 30.3 Å². The molecule has 0 spiro atoms. The highest BCUT2D eigenvalue weighted by molar-refractivity contribution is 6.66. The van der Waals surface area contributed by atoms with E-state index in [0.717, 1.165) is 0 Å². The Morgan fingerprint density at radius 2 is 1.67 bits per heavy atom. The van der Waals surface area contributed by atoms with E-state index in [9.17, 15) is 4.79 Å². The first kappa shape index (κ1) is 17.0.